The van der Waals surface area contributed by atoms with Gasteiger partial charge in [-0.3, -0.25) is 4.99 Å². The lowest BCUT2D eigenvalue weighted by Gasteiger charge is -2.42. The van der Waals surface area contributed by atoms with Crippen LogP contribution >= 0.6 is 0 Å². The van der Waals surface area contributed by atoms with Gasteiger partial charge in [0.1, 0.15) is 0 Å². The van der Waals surface area contributed by atoms with Gasteiger partial charge in [-0.2, -0.15) is 0 Å². The summed E-state index contributed by atoms with van der Waals surface area (Å²) in [6, 6.07) is 7.03. The molecule has 3 nitrogen and oxygen atoms in total. The Hall–Kier alpha value is -1.45. The number of unbranched alkanes of at least 4 members (excludes halogenated alkanes) is 1. The van der Waals surface area contributed by atoms with Gasteiger partial charge in [0.25, 0.3) is 0 Å². The molecular formula is C31H54N2O. The highest BCUT2D eigenvalue weighted by Gasteiger charge is 2.37. The van der Waals surface area contributed by atoms with Crippen molar-refractivity contribution in [3.63, 3.8) is 0 Å². The van der Waals surface area contributed by atoms with Gasteiger partial charge in [0.2, 0.25) is 0 Å². The predicted molar refractivity (Wildman–Crippen MR) is 152 cm³/mol. The quantitative estimate of drug-likeness (QED) is 0.331. The van der Waals surface area contributed by atoms with Gasteiger partial charge in [-0.1, -0.05) is 73.1 Å². The van der Waals surface area contributed by atoms with Crippen molar-refractivity contribution in [2.45, 2.75) is 118 Å². The lowest BCUT2D eigenvalue weighted by molar-refractivity contribution is 0.224. The third-order valence-electron chi connectivity index (χ3n) is 6.83. The van der Waals surface area contributed by atoms with E-state index in [2.05, 4.69) is 91.5 Å². The highest BCUT2D eigenvalue weighted by atomic mass is 16.3. The van der Waals surface area contributed by atoms with Crippen LogP contribution in [0, 0.1) is 0 Å². The van der Waals surface area contributed by atoms with E-state index in [9.17, 15) is 0 Å². The van der Waals surface area contributed by atoms with Gasteiger partial charge < -0.3 is 10.0 Å². The molecule has 0 heterocycles. The summed E-state index contributed by atoms with van der Waals surface area (Å²) in [5.74, 6) is 0. The van der Waals surface area contributed by atoms with E-state index in [-0.39, 0.29) is 10.8 Å². The Bertz CT molecular complexity index is 779. The number of aliphatic hydroxyl groups is 1. The molecule has 0 saturated carbocycles. The van der Waals surface area contributed by atoms with E-state index in [1.54, 1.807) is 0 Å². The molecular weight excluding hydrogens is 416 g/mol. The zero-order valence-corrected chi connectivity index (χ0v) is 23.9. The monoisotopic (exact) mass is 470 g/mol. The fourth-order valence-electron chi connectivity index (χ4n) is 4.76. The van der Waals surface area contributed by atoms with Crippen molar-refractivity contribution in [2.75, 3.05) is 26.2 Å². The average Bonchev–Trinajstić information content (AvgIpc) is 2.78. The van der Waals surface area contributed by atoms with Crippen LogP contribution in [-0.2, 0) is 10.8 Å². The molecule has 0 aromatic heterocycles. The zero-order valence-electron chi connectivity index (χ0n) is 23.9. The minimum atomic E-state index is 0.252. The second kappa shape index (κ2) is 14.8. The van der Waals surface area contributed by atoms with Crippen molar-refractivity contribution in [1.29, 1.82) is 0 Å². The maximum absolute atomic E-state index is 8.62. The SMILES string of the molecule is CCC/C=C(\N=C(C)C)c1ccc2c(c1)C(C)(C)CCC2(C)C.CCCN(CCC)CCCO. The summed E-state index contributed by atoms with van der Waals surface area (Å²) in [6.45, 7) is 24.0. The number of allylic oxidation sites excluding steroid dienone is 1. The Morgan fingerprint density at radius 2 is 1.50 bits per heavy atom. The van der Waals surface area contributed by atoms with Crippen LogP contribution in [0.4, 0.5) is 0 Å². The molecule has 1 aliphatic carbocycles. The first-order valence-electron chi connectivity index (χ1n) is 13.7. The highest BCUT2D eigenvalue weighted by Crippen LogP contribution is 2.46. The smallest absolute Gasteiger partial charge is 0.0661 e. The maximum atomic E-state index is 8.62. The van der Waals surface area contributed by atoms with E-state index >= 15 is 0 Å². The number of benzene rings is 1. The van der Waals surface area contributed by atoms with Crippen LogP contribution in [0.5, 0.6) is 0 Å². The highest BCUT2D eigenvalue weighted by molar-refractivity contribution is 5.86. The molecule has 0 spiro atoms. The Morgan fingerprint density at radius 3 is 2.00 bits per heavy atom. The number of nitrogens with zero attached hydrogens (tertiary/aromatic N) is 2. The van der Waals surface area contributed by atoms with Crippen molar-refractivity contribution in [3.05, 3.63) is 41.0 Å². The van der Waals surface area contributed by atoms with E-state index in [0.717, 1.165) is 37.2 Å². The van der Waals surface area contributed by atoms with Crippen LogP contribution < -0.4 is 0 Å². The second-order valence-corrected chi connectivity index (χ2v) is 11.4. The van der Waals surface area contributed by atoms with Crippen LogP contribution in [0.3, 0.4) is 0 Å². The third kappa shape index (κ3) is 9.66. The van der Waals surface area contributed by atoms with Crippen molar-refractivity contribution in [2.24, 2.45) is 4.99 Å². The zero-order chi connectivity index (χ0) is 25.8. The van der Waals surface area contributed by atoms with Crippen LogP contribution in [-0.4, -0.2) is 42.0 Å². The molecule has 0 atom stereocenters. The van der Waals surface area contributed by atoms with Gasteiger partial charge in [0.15, 0.2) is 0 Å². The summed E-state index contributed by atoms with van der Waals surface area (Å²) >= 11 is 0. The number of fused-ring (bicyclic) bond motifs is 1. The third-order valence-corrected chi connectivity index (χ3v) is 6.83. The molecule has 1 aromatic carbocycles. The molecule has 0 fully saturated rings. The Balaban J connectivity index is 0.000000445. The number of hydrogen-bond acceptors (Lipinski definition) is 3. The summed E-state index contributed by atoms with van der Waals surface area (Å²) in [5, 5.41) is 8.62. The first kappa shape index (κ1) is 30.6. The molecule has 0 aliphatic heterocycles. The fraction of sp³-hybridized carbons (Fsp3) is 0.710. The molecule has 0 amide bonds. The first-order chi connectivity index (χ1) is 16.0. The van der Waals surface area contributed by atoms with E-state index in [1.807, 2.05) is 0 Å². The fourth-order valence-corrected chi connectivity index (χ4v) is 4.76. The first-order valence-corrected chi connectivity index (χ1v) is 13.7. The van der Waals surface area contributed by atoms with Crippen molar-refractivity contribution in [3.8, 4) is 0 Å². The molecule has 1 aliphatic rings. The summed E-state index contributed by atoms with van der Waals surface area (Å²) in [5.41, 5.74) is 7.08. The van der Waals surface area contributed by atoms with Gasteiger partial charge in [-0.05, 0) is 93.5 Å². The van der Waals surface area contributed by atoms with Crippen molar-refractivity contribution in [1.82, 2.24) is 4.90 Å². The molecule has 0 saturated heterocycles. The molecule has 194 valence electrons. The largest absolute Gasteiger partial charge is 0.396 e. The minimum absolute atomic E-state index is 0.252. The molecule has 1 N–H and O–H groups in total. The normalized spacial score (nSPS) is 16.5. The molecule has 0 radical (unpaired) electrons. The van der Waals surface area contributed by atoms with Gasteiger partial charge in [-0.15, -0.1) is 0 Å². The standard InChI is InChI=1S/C22H33N.C9H21NO/c1-8-9-10-20(23-16(2)3)17-11-12-18-19(15-17)22(6,7)14-13-21(18,4)5;1-3-6-10(7-4-2)8-5-9-11/h10-12,15H,8-9,13-14H2,1-7H3;11H,3-9H2,1-2H3/b20-10-;. The molecule has 0 unspecified atom stereocenters. The Labute approximate surface area is 211 Å². The number of hydrogen-bond donors (Lipinski definition) is 1. The summed E-state index contributed by atoms with van der Waals surface area (Å²) in [6.07, 6.45) is 10.4. The van der Waals surface area contributed by atoms with Gasteiger partial charge in [0, 0.05) is 24.4 Å². The molecule has 3 heteroatoms. The lowest BCUT2D eigenvalue weighted by Crippen LogP contribution is -2.33. The second-order valence-electron chi connectivity index (χ2n) is 11.4. The molecule has 2 rings (SSSR count). The molecule has 34 heavy (non-hydrogen) atoms. The van der Waals surface area contributed by atoms with Crippen LogP contribution in [0.2, 0.25) is 0 Å². The van der Waals surface area contributed by atoms with Crippen LogP contribution in [0.25, 0.3) is 5.70 Å². The molecule has 1 aromatic rings. The number of rotatable bonds is 11. The summed E-state index contributed by atoms with van der Waals surface area (Å²) in [7, 11) is 0. The van der Waals surface area contributed by atoms with Crippen LogP contribution in [0.1, 0.15) is 124 Å². The lowest BCUT2D eigenvalue weighted by atomic mass is 9.63. The maximum Gasteiger partial charge on any atom is 0.0661 e. The Morgan fingerprint density at radius 1 is 0.912 bits per heavy atom. The summed E-state index contributed by atoms with van der Waals surface area (Å²) < 4.78 is 0. The summed E-state index contributed by atoms with van der Waals surface area (Å²) in [4.78, 5) is 7.21. The molecule has 0 bridgehead atoms. The number of aliphatic imine (C=N–C) groups is 1. The number of aliphatic hydroxyl groups excluding tert-OH is 1. The predicted octanol–water partition coefficient (Wildman–Crippen LogP) is 8.15. The van der Waals surface area contributed by atoms with Crippen molar-refractivity contribution >= 4 is 11.4 Å². The van der Waals surface area contributed by atoms with Crippen molar-refractivity contribution < 1.29 is 5.11 Å². The average molecular weight is 471 g/mol. The van der Waals surface area contributed by atoms with Gasteiger partial charge >= 0.3 is 0 Å². The van der Waals surface area contributed by atoms with E-state index < -0.39 is 0 Å². The minimum Gasteiger partial charge on any atom is -0.396 e. The van der Waals surface area contributed by atoms with Gasteiger partial charge in [0.05, 0.1) is 5.70 Å². The van der Waals surface area contributed by atoms with E-state index in [1.165, 1.54) is 55.5 Å². The van der Waals surface area contributed by atoms with Gasteiger partial charge in [-0.25, -0.2) is 0 Å². The van der Waals surface area contributed by atoms with E-state index in [4.69, 9.17) is 10.1 Å². The Kier molecular flexibility index (Phi) is 13.3. The van der Waals surface area contributed by atoms with Crippen LogP contribution in [0.15, 0.2) is 29.3 Å². The topological polar surface area (TPSA) is 35.8 Å². The van der Waals surface area contributed by atoms with E-state index in [0.29, 0.717) is 6.61 Å².